The Hall–Kier alpha value is -1.73. The summed E-state index contributed by atoms with van der Waals surface area (Å²) in [6.07, 6.45) is 0.0894. The molecule has 1 heterocycles. The van der Waals surface area contributed by atoms with Gasteiger partial charge in [0.25, 0.3) is 0 Å². The van der Waals surface area contributed by atoms with Crippen LogP contribution in [0.3, 0.4) is 0 Å². The minimum absolute atomic E-state index is 0.0403. The quantitative estimate of drug-likeness (QED) is 0.0498. The Bertz CT molecular complexity index is 796. The lowest BCUT2D eigenvalue weighted by Crippen LogP contribution is -2.65. The third kappa shape index (κ3) is 11.5. The standard InChI is InChI=1S/C29H51F2NO9/c1-7-12-16-36-20-22-24(38-17-13-8-2)25(39-18-14-9-3)26(40-19-15-10-4)27(41-22)29(30,31)21(6)23(32(34)35)28(33)37-11-5/h22,24-27H,7-20H2,1-6H3/b23-21+/t22-,24+,25+,26-,27-/m1/s1. The summed E-state index contributed by atoms with van der Waals surface area (Å²) < 4.78 is 67.7. The Morgan fingerprint density at radius 2 is 1.32 bits per heavy atom. The van der Waals surface area contributed by atoms with Gasteiger partial charge in [-0.25, -0.2) is 4.79 Å². The number of ether oxygens (including phenoxy) is 6. The van der Waals surface area contributed by atoms with Crippen molar-refractivity contribution in [3.05, 3.63) is 21.4 Å². The van der Waals surface area contributed by atoms with Crippen molar-refractivity contribution in [3.8, 4) is 0 Å². The van der Waals surface area contributed by atoms with E-state index in [4.69, 9.17) is 28.4 Å². The predicted molar refractivity (Wildman–Crippen MR) is 150 cm³/mol. The summed E-state index contributed by atoms with van der Waals surface area (Å²) in [5, 5.41) is 11.8. The SMILES string of the molecule is CCCCOC[C@H]1O[C@@H](C(F)(F)/C(C)=C(\C(=O)OCC)[N+](=O)[O-])[C@H](OCCCC)[C@@H](OCCCC)[C@H]1OCCCC. The van der Waals surface area contributed by atoms with Gasteiger partial charge in [-0.15, -0.1) is 0 Å². The molecule has 1 saturated heterocycles. The molecular weight excluding hydrogens is 544 g/mol. The number of hydrogen-bond acceptors (Lipinski definition) is 9. The maximum atomic E-state index is 16.4. The highest BCUT2D eigenvalue weighted by Gasteiger charge is 2.59. The number of nitro groups is 1. The minimum atomic E-state index is -3.99. The Morgan fingerprint density at radius 3 is 1.80 bits per heavy atom. The monoisotopic (exact) mass is 595 g/mol. The molecule has 0 aromatic rings. The molecule has 1 rings (SSSR count). The van der Waals surface area contributed by atoms with Crippen LogP contribution >= 0.6 is 0 Å². The molecule has 0 aliphatic carbocycles. The maximum absolute atomic E-state index is 16.4. The molecule has 0 amide bonds. The molecule has 5 atom stereocenters. The fourth-order valence-corrected chi connectivity index (χ4v) is 4.39. The topological polar surface area (TPSA) is 116 Å². The molecule has 0 aromatic carbocycles. The van der Waals surface area contributed by atoms with Crippen LogP contribution in [-0.4, -0.2) is 87.0 Å². The number of unbranched alkanes of at least 4 members (excludes halogenated alkanes) is 4. The van der Waals surface area contributed by atoms with Crippen LogP contribution in [-0.2, 0) is 33.2 Å². The molecule has 0 saturated carbocycles. The Kier molecular flexibility index (Phi) is 18.4. The number of carbonyl (C=O) groups excluding carboxylic acids is 1. The normalized spacial score (nSPS) is 23.8. The van der Waals surface area contributed by atoms with Crippen LogP contribution in [0.4, 0.5) is 8.78 Å². The van der Waals surface area contributed by atoms with Gasteiger partial charge >= 0.3 is 17.6 Å². The van der Waals surface area contributed by atoms with Gasteiger partial charge < -0.3 is 28.4 Å². The maximum Gasteiger partial charge on any atom is 0.410 e. The molecule has 1 aliphatic rings. The molecular formula is C29H51F2NO9. The first-order chi connectivity index (χ1) is 19.6. The molecule has 1 aliphatic heterocycles. The first kappa shape index (κ1) is 37.3. The van der Waals surface area contributed by atoms with Gasteiger partial charge in [-0.05, 0) is 39.5 Å². The van der Waals surface area contributed by atoms with E-state index in [0.29, 0.717) is 26.1 Å². The Labute approximate surface area is 243 Å². The van der Waals surface area contributed by atoms with Crippen LogP contribution in [0.1, 0.15) is 92.9 Å². The number of carbonyl (C=O) groups is 1. The van der Waals surface area contributed by atoms with Gasteiger partial charge in [0.1, 0.15) is 24.4 Å². The summed E-state index contributed by atoms with van der Waals surface area (Å²) in [6.45, 7) is 11.2. The molecule has 12 heteroatoms. The summed E-state index contributed by atoms with van der Waals surface area (Å²) in [5.74, 6) is -5.43. The van der Waals surface area contributed by atoms with Gasteiger partial charge in [0.15, 0.2) is 6.10 Å². The van der Waals surface area contributed by atoms with E-state index in [0.717, 1.165) is 45.4 Å². The van der Waals surface area contributed by atoms with Crippen LogP contribution in [0.5, 0.6) is 0 Å². The molecule has 0 N–H and O–H groups in total. The van der Waals surface area contributed by atoms with E-state index >= 15 is 8.78 Å². The lowest BCUT2D eigenvalue weighted by atomic mass is 9.88. The summed E-state index contributed by atoms with van der Waals surface area (Å²) >= 11 is 0. The molecule has 0 aromatic heterocycles. The van der Waals surface area contributed by atoms with E-state index < -0.39 is 58.6 Å². The number of nitrogens with zero attached hydrogens (tertiary/aromatic N) is 1. The average Bonchev–Trinajstić information content (AvgIpc) is 2.92. The Morgan fingerprint density at radius 1 is 0.829 bits per heavy atom. The first-order valence-electron chi connectivity index (χ1n) is 15.1. The number of halogens is 2. The van der Waals surface area contributed by atoms with Gasteiger partial charge in [-0.2, -0.15) is 8.78 Å². The van der Waals surface area contributed by atoms with E-state index in [1.54, 1.807) is 0 Å². The van der Waals surface area contributed by atoms with Gasteiger partial charge in [0.05, 0.1) is 23.7 Å². The first-order valence-corrected chi connectivity index (χ1v) is 15.1. The van der Waals surface area contributed by atoms with Crippen molar-refractivity contribution in [2.24, 2.45) is 0 Å². The second kappa shape index (κ2) is 20.2. The lowest BCUT2D eigenvalue weighted by Gasteiger charge is -2.48. The van der Waals surface area contributed by atoms with Crippen molar-refractivity contribution in [3.63, 3.8) is 0 Å². The molecule has 1 fully saturated rings. The molecule has 0 radical (unpaired) electrons. The minimum Gasteiger partial charge on any atom is -0.458 e. The fourth-order valence-electron chi connectivity index (χ4n) is 4.39. The van der Waals surface area contributed by atoms with Crippen LogP contribution in [0.25, 0.3) is 0 Å². The van der Waals surface area contributed by atoms with Crippen molar-refractivity contribution < 1.29 is 46.9 Å². The van der Waals surface area contributed by atoms with Crippen molar-refractivity contribution >= 4 is 5.97 Å². The lowest BCUT2D eigenvalue weighted by molar-refractivity contribution is -0.424. The third-order valence-electron chi connectivity index (χ3n) is 6.85. The zero-order valence-electron chi connectivity index (χ0n) is 25.7. The molecule has 0 unspecified atom stereocenters. The number of esters is 1. The van der Waals surface area contributed by atoms with Crippen LogP contribution in [0, 0.1) is 10.1 Å². The number of hydrogen-bond donors (Lipinski definition) is 0. The molecule has 10 nitrogen and oxygen atoms in total. The van der Waals surface area contributed by atoms with Gasteiger partial charge in [-0.3, -0.25) is 10.1 Å². The number of rotatable bonds is 22. The van der Waals surface area contributed by atoms with Gasteiger partial charge in [-0.1, -0.05) is 53.4 Å². The highest BCUT2D eigenvalue weighted by Crippen LogP contribution is 2.41. The molecule has 0 bridgehead atoms. The second-order valence-corrected chi connectivity index (χ2v) is 10.2. The summed E-state index contributed by atoms with van der Waals surface area (Å²) in [7, 11) is 0. The van der Waals surface area contributed by atoms with Gasteiger partial charge in [0.2, 0.25) is 0 Å². The van der Waals surface area contributed by atoms with Gasteiger partial charge in [0, 0.05) is 26.4 Å². The van der Waals surface area contributed by atoms with E-state index in [1.807, 2.05) is 27.7 Å². The Balaban J connectivity index is 3.66. The average molecular weight is 596 g/mol. The largest absolute Gasteiger partial charge is 0.458 e. The van der Waals surface area contributed by atoms with E-state index in [2.05, 4.69) is 0 Å². The van der Waals surface area contributed by atoms with Crippen molar-refractivity contribution in [1.82, 2.24) is 0 Å². The highest BCUT2D eigenvalue weighted by atomic mass is 19.3. The second-order valence-electron chi connectivity index (χ2n) is 10.2. The predicted octanol–water partition coefficient (Wildman–Crippen LogP) is 5.88. The zero-order chi connectivity index (χ0) is 30.8. The van der Waals surface area contributed by atoms with E-state index in [1.165, 1.54) is 6.92 Å². The zero-order valence-corrected chi connectivity index (χ0v) is 25.7. The molecule has 0 spiro atoms. The van der Waals surface area contributed by atoms with Crippen molar-refractivity contribution in [1.29, 1.82) is 0 Å². The summed E-state index contributed by atoms with van der Waals surface area (Å²) in [4.78, 5) is 23.0. The smallest absolute Gasteiger partial charge is 0.410 e. The van der Waals surface area contributed by atoms with Crippen LogP contribution in [0.2, 0.25) is 0 Å². The fraction of sp³-hybridized carbons (Fsp3) is 0.897. The summed E-state index contributed by atoms with van der Waals surface area (Å²) in [5.41, 5.74) is -2.40. The highest BCUT2D eigenvalue weighted by molar-refractivity contribution is 5.86. The van der Waals surface area contributed by atoms with Crippen molar-refractivity contribution in [2.45, 2.75) is 129 Å². The molecule has 41 heavy (non-hydrogen) atoms. The summed E-state index contributed by atoms with van der Waals surface area (Å²) in [6, 6.07) is 0. The molecule has 240 valence electrons. The number of alkyl halides is 2. The van der Waals surface area contributed by atoms with Crippen LogP contribution < -0.4 is 0 Å². The van der Waals surface area contributed by atoms with Crippen molar-refractivity contribution in [2.75, 3.05) is 39.6 Å². The van der Waals surface area contributed by atoms with E-state index in [9.17, 15) is 14.9 Å². The van der Waals surface area contributed by atoms with E-state index in [-0.39, 0.29) is 26.4 Å². The van der Waals surface area contributed by atoms with Crippen LogP contribution in [0.15, 0.2) is 11.3 Å². The third-order valence-corrected chi connectivity index (χ3v) is 6.85.